The Labute approximate surface area is 111 Å². The summed E-state index contributed by atoms with van der Waals surface area (Å²) in [6.07, 6.45) is 2.51. The Kier molecular flexibility index (Phi) is 3.09. The lowest BCUT2D eigenvalue weighted by Gasteiger charge is -2.11. The van der Waals surface area contributed by atoms with Crippen LogP contribution in [0.3, 0.4) is 0 Å². The molecule has 1 aliphatic rings. The summed E-state index contributed by atoms with van der Waals surface area (Å²) in [7, 11) is 0. The number of rotatable bonds is 2. The molecule has 2 N–H and O–H groups in total. The second-order valence-corrected chi connectivity index (χ2v) is 4.69. The van der Waals surface area contributed by atoms with Crippen molar-refractivity contribution in [1.29, 1.82) is 0 Å². The summed E-state index contributed by atoms with van der Waals surface area (Å²) in [5.41, 5.74) is 2.36. The first-order chi connectivity index (χ1) is 9.25. The first-order valence-electron chi connectivity index (χ1n) is 6.38. The van der Waals surface area contributed by atoms with Crippen LogP contribution in [-0.4, -0.2) is 17.6 Å². The number of furan rings is 1. The largest absolute Gasteiger partial charge is 0.466 e. The Balaban J connectivity index is 1.98. The molecule has 98 valence electrons. The number of fused-ring (bicyclic) bond motifs is 1. The number of benzene rings is 1. The average molecular weight is 257 g/mol. The molecule has 1 unspecified atom stereocenters. The van der Waals surface area contributed by atoms with Crippen LogP contribution in [0.15, 0.2) is 41.0 Å². The summed E-state index contributed by atoms with van der Waals surface area (Å²) in [6, 6.07) is 8.97. The molecule has 3 rings (SSSR count). The summed E-state index contributed by atoms with van der Waals surface area (Å²) in [6.45, 7) is 0.698. The van der Waals surface area contributed by atoms with Gasteiger partial charge in [-0.05, 0) is 42.2 Å². The molecule has 0 spiro atoms. The van der Waals surface area contributed by atoms with Crippen LogP contribution < -0.4 is 5.32 Å². The molecule has 1 aromatic carbocycles. The Bertz CT molecular complexity index is 589. The quantitative estimate of drug-likeness (QED) is 0.865. The Morgan fingerprint density at radius 3 is 3.00 bits per heavy atom. The zero-order valence-corrected chi connectivity index (χ0v) is 10.4. The van der Waals surface area contributed by atoms with E-state index in [0.717, 1.165) is 18.4 Å². The predicted molar refractivity (Wildman–Crippen MR) is 69.9 cm³/mol. The lowest BCUT2D eigenvalue weighted by atomic mass is 9.97. The van der Waals surface area contributed by atoms with Crippen LogP contribution in [0.1, 0.15) is 39.8 Å². The minimum atomic E-state index is -0.837. The molecule has 0 radical (unpaired) electrons. The van der Waals surface area contributed by atoms with E-state index in [4.69, 9.17) is 4.42 Å². The van der Waals surface area contributed by atoms with Crippen LogP contribution in [0.5, 0.6) is 0 Å². The van der Waals surface area contributed by atoms with Gasteiger partial charge in [0.2, 0.25) is 0 Å². The third-order valence-electron chi connectivity index (χ3n) is 3.42. The van der Waals surface area contributed by atoms with Crippen molar-refractivity contribution in [3.8, 4) is 0 Å². The fraction of sp³-hybridized carbons (Fsp3) is 0.267. The predicted octanol–water partition coefficient (Wildman–Crippen LogP) is 2.04. The molecule has 4 nitrogen and oxygen atoms in total. The Morgan fingerprint density at radius 2 is 2.21 bits per heavy atom. The number of aliphatic hydroxyl groups is 1. The standard InChI is InChI=1S/C15H15NO3/c17-14(13-4-2-8-19-13)11-6-5-10-3-1-7-16-15(18)12(10)9-11/h2,4-6,8-9,14,17H,1,3,7H2,(H,16,18). The molecule has 0 saturated heterocycles. The molecule has 1 aliphatic heterocycles. The van der Waals surface area contributed by atoms with Crippen molar-refractivity contribution < 1.29 is 14.3 Å². The van der Waals surface area contributed by atoms with Gasteiger partial charge >= 0.3 is 0 Å². The Morgan fingerprint density at radius 1 is 1.32 bits per heavy atom. The van der Waals surface area contributed by atoms with E-state index in [9.17, 15) is 9.90 Å². The number of hydrogen-bond donors (Lipinski definition) is 2. The highest BCUT2D eigenvalue weighted by molar-refractivity contribution is 5.96. The molecule has 0 fully saturated rings. The van der Waals surface area contributed by atoms with Crippen molar-refractivity contribution in [2.24, 2.45) is 0 Å². The summed E-state index contributed by atoms with van der Waals surface area (Å²) in [5.74, 6) is 0.412. The van der Waals surface area contributed by atoms with Gasteiger partial charge in [0, 0.05) is 12.1 Å². The van der Waals surface area contributed by atoms with Gasteiger partial charge in [0.05, 0.1) is 6.26 Å². The van der Waals surface area contributed by atoms with E-state index in [1.54, 1.807) is 18.2 Å². The van der Waals surface area contributed by atoms with Gasteiger partial charge in [-0.2, -0.15) is 0 Å². The SMILES string of the molecule is O=C1NCCCc2ccc(C(O)c3ccco3)cc21. The van der Waals surface area contributed by atoms with E-state index in [2.05, 4.69) is 5.32 Å². The highest BCUT2D eigenvalue weighted by atomic mass is 16.4. The fourth-order valence-electron chi connectivity index (χ4n) is 2.38. The van der Waals surface area contributed by atoms with Crippen LogP contribution in [0, 0.1) is 0 Å². The topological polar surface area (TPSA) is 62.5 Å². The van der Waals surface area contributed by atoms with E-state index in [1.807, 2.05) is 12.1 Å². The van der Waals surface area contributed by atoms with E-state index in [1.165, 1.54) is 6.26 Å². The minimum Gasteiger partial charge on any atom is -0.466 e. The monoisotopic (exact) mass is 257 g/mol. The normalized spacial score (nSPS) is 16.4. The van der Waals surface area contributed by atoms with E-state index in [0.29, 0.717) is 23.4 Å². The molecule has 4 heteroatoms. The van der Waals surface area contributed by atoms with Gasteiger partial charge in [0.25, 0.3) is 5.91 Å². The number of hydrogen-bond acceptors (Lipinski definition) is 3. The van der Waals surface area contributed by atoms with Crippen molar-refractivity contribution in [2.75, 3.05) is 6.54 Å². The highest BCUT2D eigenvalue weighted by Gasteiger charge is 2.19. The molecule has 1 aromatic heterocycles. The fourth-order valence-corrected chi connectivity index (χ4v) is 2.38. The van der Waals surface area contributed by atoms with E-state index in [-0.39, 0.29) is 5.91 Å². The molecule has 19 heavy (non-hydrogen) atoms. The van der Waals surface area contributed by atoms with Gasteiger partial charge in [-0.25, -0.2) is 0 Å². The molecule has 0 aliphatic carbocycles. The van der Waals surface area contributed by atoms with Crippen LogP contribution in [-0.2, 0) is 6.42 Å². The van der Waals surface area contributed by atoms with Crippen molar-refractivity contribution >= 4 is 5.91 Å². The number of carbonyl (C=O) groups is 1. The highest BCUT2D eigenvalue weighted by Crippen LogP contribution is 2.25. The van der Waals surface area contributed by atoms with Crippen LogP contribution >= 0.6 is 0 Å². The summed E-state index contributed by atoms with van der Waals surface area (Å²) in [5, 5.41) is 13.1. The van der Waals surface area contributed by atoms with Crippen LogP contribution in [0.25, 0.3) is 0 Å². The van der Waals surface area contributed by atoms with Gasteiger partial charge in [0.15, 0.2) is 0 Å². The molecule has 0 saturated carbocycles. The molecule has 2 heterocycles. The average Bonchev–Trinajstić information content (AvgIpc) is 2.90. The summed E-state index contributed by atoms with van der Waals surface area (Å²) in [4.78, 5) is 12.0. The Hall–Kier alpha value is -2.07. The van der Waals surface area contributed by atoms with Crippen LogP contribution in [0.2, 0.25) is 0 Å². The third kappa shape index (κ3) is 2.27. The maximum absolute atomic E-state index is 12.0. The van der Waals surface area contributed by atoms with Gasteiger partial charge in [-0.15, -0.1) is 0 Å². The number of amides is 1. The molecule has 1 amide bonds. The zero-order chi connectivity index (χ0) is 13.2. The lowest BCUT2D eigenvalue weighted by molar-refractivity contribution is 0.0955. The van der Waals surface area contributed by atoms with Crippen molar-refractivity contribution in [3.05, 3.63) is 59.0 Å². The van der Waals surface area contributed by atoms with Gasteiger partial charge in [-0.1, -0.05) is 12.1 Å². The van der Waals surface area contributed by atoms with E-state index < -0.39 is 6.10 Å². The van der Waals surface area contributed by atoms with Gasteiger partial charge < -0.3 is 14.8 Å². The van der Waals surface area contributed by atoms with Gasteiger partial charge in [0.1, 0.15) is 11.9 Å². The van der Waals surface area contributed by atoms with Gasteiger partial charge in [-0.3, -0.25) is 4.79 Å². The number of aliphatic hydroxyl groups excluding tert-OH is 1. The number of carbonyl (C=O) groups excluding carboxylic acids is 1. The second-order valence-electron chi connectivity index (χ2n) is 4.69. The molecule has 0 bridgehead atoms. The van der Waals surface area contributed by atoms with Crippen molar-refractivity contribution in [2.45, 2.75) is 18.9 Å². The second kappa shape index (κ2) is 4.90. The zero-order valence-electron chi connectivity index (χ0n) is 10.4. The minimum absolute atomic E-state index is 0.0685. The lowest BCUT2D eigenvalue weighted by Crippen LogP contribution is -2.22. The number of aryl methyl sites for hydroxylation is 1. The smallest absolute Gasteiger partial charge is 0.251 e. The third-order valence-corrected chi connectivity index (χ3v) is 3.42. The maximum atomic E-state index is 12.0. The summed E-state index contributed by atoms with van der Waals surface area (Å²) < 4.78 is 5.19. The maximum Gasteiger partial charge on any atom is 0.251 e. The molecular formula is C15H15NO3. The first-order valence-corrected chi connectivity index (χ1v) is 6.38. The molecule has 1 atom stereocenters. The van der Waals surface area contributed by atoms with Crippen LogP contribution in [0.4, 0.5) is 0 Å². The summed E-state index contributed by atoms with van der Waals surface area (Å²) >= 11 is 0. The van der Waals surface area contributed by atoms with E-state index >= 15 is 0 Å². The molecule has 2 aromatic rings. The number of nitrogens with one attached hydrogen (secondary N) is 1. The molecular weight excluding hydrogens is 242 g/mol. The first kappa shape index (κ1) is 12.0. The van der Waals surface area contributed by atoms with Crippen molar-refractivity contribution in [3.63, 3.8) is 0 Å². The van der Waals surface area contributed by atoms with Crippen molar-refractivity contribution in [1.82, 2.24) is 5.32 Å².